The number of hydrogen-bond donors (Lipinski definition) is 1. The van der Waals surface area contributed by atoms with Crippen molar-refractivity contribution in [2.24, 2.45) is 0 Å². The highest BCUT2D eigenvalue weighted by Crippen LogP contribution is 2.21. The first-order valence-corrected chi connectivity index (χ1v) is 7.62. The lowest BCUT2D eigenvalue weighted by atomic mass is 10.1. The zero-order valence-electron chi connectivity index (χ0n) is 13.2. The number of nitrogens with zero attached hydrogens (tertiary/aromatic N) is 2. The summed E-state index contributed by atoms with van der Waals surface area (Å²) < 4.78 is 10.1. The quantitative estimate of drug-likeness (QED) is 0.803. The van der Waals surface area contributed by atoms with E-state index in [1.165, 1.54) is 0 Å². The highest BCUT2D eigenvalue weighted by Gasteiger charge is 2.18. The summed E-state index contributed by atoms with van der Waals surface area (Å²) in [5, 5.41) is 7.61. The third-order valence-electron chi connectivity index (χ3n) is 3.35. The highest BCUT2D eigenvalue weighted by molar-refractivity contribution is 6.30. The molecular formula is C16H20ClN3O3. The zero-order valence-corrected chi connectivity index (χ0v) is 14.0. The average Bonchev–Trinajstić information content (AvgIpc) is 3.04. The van der Waals surface area contributed by atoms with Crippen molar-refractivity contribution in [2.45, 2.75) is 0 Å². The molecule has 0 bridgehead atoms. The van der Waals surface area contributed by atoms with Crippen LogP contribution in [0.2, 0.25) is 5.02 Å². The Hall–Kier alpha value is -1.89. The molecule has 23 heavy (non-hydrogen) atoms. The van der Waals surface area contributed by atoms with Crippen molar-refractivity contribution in [3.05, 3.63) is 41.0 Å². The maximum Gasteiger partial charge on any atom is 0.272 e. The minimum atomic E-state index is -0.139. The summed E-state index contributed by atoms with van der Waals surface area (Å²) in [6.45, 7) is 1.91. The van der Waals surface area contributed by atoms with Gasteiger partial charge in [0.1, 0.15) is 5.69 Å². The molecule has 0 saturated heterocycles. The maximum absolute atomic E-state index is 12.6. The number of amides is 1. The number of hydrogen-bond acceptors (Lipinski definition) is 4. The van der Waals surface area contributed by atoms with Gasteiger partial charge in [0.25, 0.3) is 5.91 Å². The molecule has 1 aromatic carbocycles. The van der Waals surface area contributed by atoms with Crippen LogP contribution in [0.1, 0.15) is 10.5 Å². The van der Waals surface area contributed by atoms with Gasteiger partial charge in [0, 0.05) is 37.9 Å². The van der Waals surface area contributed by atoms with Crippen LogP contribution in [0.4, 0.5) is 0 Å². The molecule has 0 aliphatic carbocycles. The van der Waals surface area contributed by atoms with E-state index in [1.807, 2.05) is 12.1 Å². The molecule has 0 spiro atoms. The van der Waals surface area contributed by atoms with Crippen molar-refractivity contribution in [1.29, 1.82) is 0 Å². The Kier molecular flexibility index (Phi) is 6.58. The summed E-state index contributed by atoms with van der Waals surface area (Å²) in [6, 6.07) is 9.06. The van der Waals surface area contributed by atoms with Crippen LogP contribution >= 0.6 is 11.6 Å². The van der Waals surface area contributed by atoms with Crippen LogP contribution in [0.15, 0.2) is 30.3 Å². The molecule has 0 fully saturated rings. The Morgan fingerprint density at radius 2 is 1.91 bits per heavy atom. The van der Waals surface area contributed by atoms with Crippen LogP contribution < -0.4 is 0 Å². The SMILES string of the molecule is COCCN(CCOC)C(=O)c1cc(-c2cccc(Cl)c2)n[nH]1. The van der Waals surface area contributed by atoms with Crippen LogP contribution in [0.25, 0.3) is 11.3 Å². The second-order valence-corrected chi connectivity index (χ2v) is 5.39. The first-order chi connectivity index (χ1) is 11.2. The van der Waals surface area contributed by atoms with Gasteiger partial charge in [-0.25, -0.2) is 0 Å². The number of H-pyrrole nitrogens is 1. The van der Waals surface area contributed by atoms with Gasteiger partial charge in [-0.2, -0.15) is 5.10 Å². The summed E-state index contributed by atoms with van der Waals surface area (Å²) in [6.07, 6.45) is 0. The number of nitrogens with one attached hydrogen (secondary N) is 1. The normalized spacial score (nSPS) is 10.7. The Bertz CT molecular complexity index is 637. The molecule has 1 aromatic heterocycles. The Labute approximate surface area is 140 Å². The predicted molar refractivity (Wildman–Crippen MR) is 88.7 cm³/mol. The number of rotatable bonds is 8. The van der Waals surface area contributed by atoms with E-state index in [0.717, 1.165) is 5.56 Å². The van der Waals surface area contributed by atoms with E-state index >= 15 is 0 Å². The van der Waals surface area contributed by atoms with Crippen molar-refractivity contribution in [1.82, 2.24) is 15.1 Å². The largest absolute Gasteiger partial charge is 0.383 e. The van der Waals surface area contributed by atoms with E-state index in [0.29, 0.717) is 42.7 Å². The number of ether oxygens (including phenoxy) is 2. The van der Waals surface area contributed by atoms with Crippen LogP contribution in [-0.2, 0) is 9.47 Å². The van der Waals surface area contributed by atoms with Gasteiger partial charge < -0.3 is 14.4 Å². The van der Waals surface area contributed by atoms with E-state index in [4.69, 9.17) is 21.1 Å². The molecule has 7 heteroatoms. The average molecular weight is 338 g/mol. The predicted octanol–water partition coefficient (Wildman–Crippen LogP) is 2.47. The van der Waals surface area contributed by atoms with Gasteiger partial charge in [0.05, 0.1) is 18.9 Å². The number of benzene rings is 1. The first kappa shape index (κ1) is 17.5. The van der Waals surface area contributed by atoms with Crippen molar-refractivity contribution in [3.63, 3.8) is 0 Å². The summed E-state index contributed by atoms with van der Waals surface area (Å²) in [4.78, 5) is 14.3. The summed E-state index contributed by atoms with van der Waals surface area (Å²) in [5.41, 5.74) is 1.95. The van der Waals surface area contributed by atoms with Crippen LogP contribution in [-0.4, -0.2) is 61.5 Å². The van der Waals surface area contributed by atoms with E-state index in [2.05, 4.69) is 10.2 Å². The van der Waals surface area contributed by atoms with Crippen molar-refractivity contribution >= 4 is 17.5 Å². The molecule has 1 amide bonds. The number of aromatic amines is 1. The van der Waals surface area contributed by atoms with E-state index in [-0.39, 0.29) is 5.91 Å². The molecule has 0 aliphatic rings. The van der Waals surface area contributed by atoms with Crippen molar-refractivity contribution in [2.75, 3.05) is 40.5 Å². The molecule has 124 valence electrons. The lowest BCUT2D eigenvalue weighted by molar-refractivity contribution is 0.0622. The molecule has 2 aromatic rings. The summed E-state index contributed by atoms with van der Waals surface area (Å²) >= 11 is 5.99. The second kappa shape index (κ2) is 8.67. The van der Waals surface area contributed by atoms with Gasteiger partial charge in [0.15, 0.2) is 0 Å². The molecular weight excluding hydrogens is 318 g/mol. The highest BCUT2D eigenvalue weighted by atomic mass is 35.5. The molecule has 0 unspecified atom stereocenters. The zero-order chi connectivity index (χ0) is 16.7. The Balaban J connectivity index is 2.14. The van der Waals surface area contributed by atoms with Crippen molar-refractivity contribution in [3.8, 4) is 11.3 Å². The van der Waals surface area contributed by atoms with Crippen LogP contribution in [0, 0.1) is 0 Å². The second-order valence-electron chi connectivity index (χ2n) is 4.96. The topological polar surface area (TPSA) is 67.5 Å². The van der Waals surface area contributed by atoms with Gasteiger partial charge in [-0.3, -0.25) is 9.89 Å². The number of halogens is 1. The molecule has 0 saturated carbocycles. The van der Waals surface area contributed by atoms with Gasteiger partial charge in [-0.05, 0) is 18.2 Å². The van der Waals surface area contributed by atoms with E-state index in [9.17, 15) is 4.79 Å². The molecule has 1 N–H and O–H groups in total. The molecule has 6 nitrogen and oxygen atoms in total. The number of methoxy groups -OCH3 is 2. The monoisotopic (exact) mass is 337 g/mol. The van der Waals surface area contributed by atoms with E-state index in [1.54, 1.807) is 37.3 Å². The third kappa shape index (κ3) is 4.79. The smallest absolute Gasteiger partial charge is 0.272 e. The summed E-state index contributed by atoms with van der Waals surface area (Å²) in [5.74, 6) is -0.139. The van der Waals surface area contributed by atoms with Crippen molar-refractivity contribution < 1.29 is 14.3 Å². The van der Waals surface area contributed by atoms with Gasteiger partial charge in [-0.15, -0.1) is 0 Å². The number of carbonyl (C=O) groups excluding carboxylic acids is 1. The van der Waals surface area contributed by atoms with E-state index < -0.39 is 0 Å². The maximum atomic E-state index is 12.6. The Morgan fingerprint density at radius 3 is 2.52 bits per heavy atom. The number of aromatic nitrogens is 2. The number of carbonyl (C=O) groups is 1. The van der Waals surface area contributed by atoms with Gasteiger partial charge >= 0.3 is 0 Å². The minimum Gasteiger partial charge on any atom is -0.383 e. The molecule has 0 radical (unpaired) electrons. The van der Waals surface area contributed by atoms with Gasteiger partial charge in [-0.1, -0.05) is 23.7 Å². The first-order valence-electron chi connectivity index (χ1n) is 7.24. The fourth-order valence-electron chi connectivity index (χ4n) is 2.12. The lowest BCUT2D eigenvalue weighted by Crippen LogP contribution is -2.36. The lowest BCUT2D eigenvalue weighted by Gasteiger charge is -2.21. The molecule has 1 heterocycles. The molecule has 0 aliphatic heterocycles. The third-order valence-corrected chi connectivity index (χ3v) is 3.58. The molecule has 0 atom stereocenters. The fourth-order valence-corrected chi connectivity index (χ4v) is 2.31. The summed E-state index contributed by atoms with van der Waals surface area (Å²) in [7, 11) is 3.21. The minimum absolute atomic E-state index is 0.139. The van der Waals surface area contributed by atoms with Gasteiger partial charge in [0.2, 0.25) is 0 Å². The Morgan fingerprint density at radius 1 is 1.22 bits per heavy atom. The standard InChI is InChI=1S/C16H20ClN3O3/c1-22-8-6-20(7-9-23-2)16(21)15-11-14(18-19-15)12-4-3-5-13(17)10-12/h3-5,10-11H,6-9H2,1-2H3,(H,18,19). The fraction of sp³-hybridized carbons (Fsp3) is 0.375. The van der Waals surface area contributed by atoms with Crippen LogP contribution in [0.3, 0.4) is 0 Å². The molecule has 2 rings (SSSR count). The van der Waals surface area contributed by atoms with Crippen LogP contribution in [0.5, 0.6) is 0 Å².